The number of hydrogen-bond acceptors (Lipinski definition) is 4. The van der Waals surface area contributed by atoms with Gasteiger partial charge in [-0.25, -0.2) is 13.4 Å². The normalized spacial score (nSPS) is 17.5. The van der Waals surface area contributed by atoms with E-state index >= 15 is 0 Å². The Balaban J connectivity index is 1.33. The van der Waals surface area contributed by atoms with Gasteiger partial charge in [0.25, 0.3) is 5.91 Å². The lowest BCUT2D eigenvalue weighted by Gasteiger charge is -2.32. The highest BCUT2D eigenvalue weighted by molar-refractivity contribution is 7.89. The van der Waals surface area contributed by atoms with Crippen LogP contribution in [0.1, 0.15) is 48.8 Å². The maximum atomic E-state index is 12.9. The van der Waals surface area contributed by atoms with Crippen LogP contribution in [0.5, 0.6) is 0 Å². The number of hydrogen-bond donors (Lipinski definition) is 1. The van der Waals surface area contributed by atoms with E-state index in [1.54, 1.807) is 16.4 Å². The van der Waals surface area contributed by atoms with Gasteiger partial charge >= 0.3 is 0 Å². The Morgan fingerprint density at radius 1 is 1.12 bits per heavy atom. The van der Waals surface area contributed by atoms with E-state index in [1.165, 1.54) is 12.1 Å². The van der Waals surface area contributed by atoms with Gasteiger partial charge in [0.15, 0.2) is 0 Å². The molecule has 2 aromatic carbocycles. The molecule has 1 fully saturated rings. The van der Waals surface area contributed by atoms with Crippen molar-refractivity contribution in [1.29, 1.82) is 0 Å². The first kappa shape index (κ1) is 22.5. The average Bonchev–Trinajstić information content (AvgIpc) is 3.11. The molecule has 1 N–H and O–H groups in total. The monoisotopic (exact) mass is 454 g/mol. The summed E-state index contributed by atoms with van der Waals surface area (Å²) in [4.78, 5) is 17.3. The van der Waals surface area contributed by atoms with Crippen LogP contribution in [0.15, 0.2) is 53.4 Å². The van der Waals surface area contributed by atoms with Gasteiger partial charge in [-0.3, -0.25) is 4.79 Å². The van der Waals surface area contributed by atoms with Gasteiger partial charge in [-0.2, -0.15) is 4.31 Å². The van der Waals surface area contributed by atoms with Crippen molar-refractivity contribution in [2.45, 2.75) is 57.0 Å². The van der Waals surface area contributed by atoms with Crippen molar-refractivity contribution in [2.24, 2.45) is 0 Å². The summed E-state index contributed by atoms with van der Waals surface area (Å²) in [5.74, 6) is 0.754. The zero-order valence-corrected chi connectivity index (χ0v) is 19.4. The number of sulfonamides is 1. The van der Waals surface area contributed by atoms with E-state index in [-0.39, 0.29) is 16.8 Å². The van der Waals surface area contributed by atoms with E-state index in [4.69, 9.17) is 0 Å². The molecule has 3 aromatic rings. The van der Waals surface area contributed by atoms with Gasteiger partial charge in [-0.15, -0.1) is 0 Å². The van der Waals surface area contributed by atoms with Crippen LogP contribution in [0.4, 0.5) is 0 Å². The van der Waals surface area contributed by atoms with E-state index in [2.05, 4.69) is 14.9 Å². The minimum absolute atomic E-state index is 0.00739. The lowest BCUT2D eigenvalue weighted by Crippen LogP contribution is -2.41. The lowest BCUT2D eigenvalue weighted by atomic mass is 10.1. The number of aryl methyl sites for hydroxylation is 2. The molecule has 1 unspecified atom stereocenters. The molecule has 8 heteroatoms. The van der Waals surface area contributed by atoms with Crippen LogP contribution in [0.2, 0.25) is 0 Å². The number of nitrogens with one attached hydrogen (secondary N) is 1. The van der Waals surface area contributed by atoms with Crippen molar-refractivity contribution in [1.82, 2.24) is 19.2 Å². The Morgan fingerprint density at radius 2 is 1.88 bits per heavy atom. The third-order valence-corrected chi connectivity index (χ3v) is 8.18. The predicted molar refractivity (Wildman–Crippen MR) is 125 cm³/mol. The van der Waals surface area contributed by atoms with E-state index in [0.29, 0.717) is 18.7 Å². The molecule has 0 radical (unpaired) electrons. The number of fused-ring (bicyclic) bond motifs is 1. The van der Waals surface area contributed by atoms with E-state index in [1.807, 2.05) is 38.1 Å². The summed E-state index contributed by atoms with van der Waals surface area (Å²) in [5.41, 5.74) is 2.53. The van der Waals surface area contributed by atoms with Crippen molar-refractivity contribution < 1.29 is 13.2 Å². The predicted octanol–water partition coefficient (Wildman–Crippen LogP) is 3.73. The summed E-state index contributed by atoms with van der Waals surface area (Å²) >= 11 is 0. The fraction of sp³-hybridized carbons (Fsp3) is 0.417. The lowest BCUT2D eigenvalue weighted by molar-refractivity contribution is 0.0952. The van der Waals surface area contributed by atoms with Crippen molar-refractivity contribution >= 4 is 27.0 Å². The Labute approximate surface area is 189 Å². The first-order chi connectivity index (χ1) is 15.4. The van der Waals surface area contributed by atoms with Gasteiger partial charge in [-0.05, 0) is 69.5 Å². The summed E-state index contributed by atoms with van der Waals surface area (Å²) in [7, 11) is -3.53. The second kappa shape index (κ2) is 9.42. The summed E-state index contributed by atoms with van der Waals surface area (Å²) < 4.78 is 29.6. The van der Waals surface area contributed by atoms with E-state index in [0.717, 1.165) is 49.1 Å². The second-order valence-corrected chi connectivity index (χ2v) is 10.3. The van der Waals surface area contributed by atoms with Crippen LogP contribution in [0, 0.1) is 6.92 Å². The smallest absolute Gasteiger partial charge is 0.251 e. The molecule has 1 atom stereocenters. The third kappa shape index (κ3) is 4.56. The van der Waals surface area contributed by atoms with Crippen LogP contribution >= 0.6 is 0 Å². The number of carbonyl (C=O) groups is 1. The molecule has 1 amide bonds. The minimum Gasteiger partial charge on any atom is -0.352 e. The zero-order chi connectivity index (χ0) is 22.7. The molecule has 1 aliphatic rings. The summed E-state index contributed by atoms with van der Waals surface area (Å²) in [6.45, 7) is 5.77. The molecule has 4 rings (SSSR count). The fourth-order valence-corrected chi connectivity index (χ4v) is 6.06. The van der Waals surface area contributed by atoms with Gasteiger partial charge in [0.05, 0.1) is 15.9 Å². The van der Waals surface area contributed by atoms with Gasteiger partial charge in [0.2, 0.25) is 10.0 Å². The minimum atomic E-state index is -3.53. The Bertz CT molecular complexity index is 1200. The molecule has 1 saturated heterocycles. The number of rotatable bonds is 7. The number of benzene rings is 2. The van der Waals surface area contributed by atoms with Crippen LogP contribution in [0.25, 0.3) is 11.0 Å². The zero-order valence-electron chi connectivity index (χ0n) is 18.6. The molecule has 32 heavy (non-hydrogen) atoms. The van der Waals surface area contributed by atoms with Gasteiger partial charge < -0.3 is 9.88 Å². The number of piperidine rings is 1. The van der Waals surface area contributed by atoms with Crippen molar-refractivity contribution in [2.75, 3.05) is 13.1 Å². The summed E-state index contributed by atoms with van der Waals surface area (Å²) in [5, 5.41) is 2.93. The number of nitrogens with zero attached hydrogens (tertiary/aromatic N) is 3. The number of imidazole rings is 1. The van der Waals surface area contributed by atoms with Gasteiger partial charge in [0, 0.05) is 31.2 Å². The second-order valence-electron chi connectivity index (χ2n) is 8.39. The molecule has 0 bridgehead atoms. The summed E-state index contributed by atoms with van der Waals surface area (Å²) in [6.07, 6.45) is 3.60. The molecule has 0 spiro atoms. The van der Waals surface area contributed by atoms with Crippen molar-refractivity contribution in [3.8, 4) is 0 Å². The molecular formula is C24H30N4O3S. The number of para-hydroxylation sites is 2. The van der Waals surface area contributed by atoms with E-state index in [9.17, 15) is 13.2 Å². The highest BCUT2D eigenvalue weighted by Crippen LogP contribution is 2.25. The highest BCUT2D eigenvalue weighted by Gasteiger charge is 2.30. The Morgan fingerprint density at radius 3 is 2.62 bits per heavy atom. The third-order valence-electron chi connectivity index (χ3n) is 6.15. The Kier molecular flexibility index (Phi) is 6.62. The topological polar surface area (TPSA) is 84.3 Å². The summed E-state index contributed by atoms with van der Waals surface area (Å²) in [6, 6.07) is 14.3. The highest BCUT2D eigenvalue weighted by atomic mass is 32.2. The molecule has 2 heterocycles. The van der Waals surface area contributed by atoms with Gasteiger partial charge in [-0.1, -0.05) is 18.6 Å². The quantitative estimate of drug-likeness (QED) is 0.552. The average molecular weight is 455 g/mol. The van der Waals surface area contributed by atoms with Crippen molar-refractivity contribution in [3.63, 3.8) is 0 Å². The van der Waals surface area contributed by atoms with Crippen LogP contribution in [0.3, 0.4) is 0 Å². The molecule has 7 nitrogen and oxygen atoms in total. The number of amides is 1. The van der Waals surface area contributed by atoms with Crippen LogP contribution in [-0.4, -0.2) is 47.3 Å². The van der Waals surface area contributed by atoms with Gasteiger partial charge in [0.1, 0.15) is 5.82 Å². The molecule has 0 saturated carbocycles. The van der Waals surface area contributed by atoms with Crippen LogP contribution in [-0.2, 0) is 16.6 Å². The van der Waals surface area contributed by atoms with E-state index < -0.39 is 10.0 Å². The fourth-order valence-electron chi connectivity index (χ4n) is 4.36. The molecule has 170 valence electrons. The molecule has 1 aromatic heterocycles. The number of aromatic nitrogens is 2. The first-order valence-corrected chi connectivity index (χ1v) is 12.6. The van der Waals surface area contributed by atoms with Crippen LogP contribution < -0.4 is 5.32 Å². The first-order valence-electron chi connectivity index (χ1n) is 11.2. The number of carbonyl (C=O) groups excluding carboxylic acids is 1. The standard InChI is InChI=1S/C24H30N4O3S/c1-18-8-5-6-17-28(18)32(30,31)21-13-11-20(12-14-21)24(29)25-15-7-16-27-19(2)26-22-9-3-4-10-23(22)27/h3-4,9-14,18H,5-8,15-17H2,1-2H3,(H,25,29). The SMILES string of the molecule is Cc1nc2ccccc2n1CCCNC(=O)c1ccc(S(=O)(=O)N2CCCCC2C)cc1. The maximum absolute atomic E-state index is 12.9. The molecule has 0 aliphatic carbocycles. The largest absolute Gasteiger partial charge is 0.352 e. The molecule has 1 aliphatic heterocycles. The molecular weight excluding hydrogens is 424 g/mol. The maximum Gasteiger partial charge on any atom is 0.251 e. The van der Waals surface area contributed by atoms with Crippen molar-refractivity contribution in [3.05, 3.63) is 59.9 Å². The Hall–Kier alpha value is -2.71.